The summed E-state index contributed by atoms with van der Waals surface area (Å²) in [6.45, 7) is 6.29. The third-order valence-corrected chi connectivity index (χ3v) is 8.85. The zero-order valence-electron chi connectivity index (χ0n) is 23.2. The van der Waals surface area contributed by atoms with Crippen LogP contribution in [0.3, 0.4) is 0 Å². The third kappa shape index (κ3) is 5.48. The Balaban J connectivity index is 1.35. The molecule has 4 heterocycles. The molecule has 5 rings (SSSR count). The highest BCUT2D eigenvalue weighted by molar-refractivity contribution is 7.98. The number of H-pyrrole nitrogens is 1. The summed E-state index contributed by atoms with van der Waals surface area (Å²) in [6.07, 6.45) is 12.0. The van der Waals surface area contributed by atoms with E-state index in [4.69, 9.17) is 4.98 Å². The number of anilines is 1. The van der Waals surface area contributed by atoms with Crippen molar-refractivity contribution in [3.05, 3.63) is 69.7 Å². The second-order valence-corrected chi connectivity index (χ2v) is 11.5. The van der Waals surface area contributed by atoms with Crippen molar-refractivity contribution in [3.8, 4) is 0 Å². The maximum atomic E-state index is 13.6. The predicted octanol–water partition coefficient (Wildman–Crippen LogP) is 4.96. The number of nitrogens with zero attached hydrogens (tertiary/aromatic N) is 4. The van der Waals surface area contributed by atoms with Crippen molar-refractivity contribution in [2.24, 2.45) is 13.0 Å². The first-order valence-corrected chi connectivity index (χ1v) is 14.7. The molecule has 0 saturated heterocycles. The highest BCUT2D eigenvalue weighted by Gasteiger charge is 2.30. The average molecular weight is 548 g/mol. The van der Waals surface area contributed by atoms with Gasteiger partial charge in [0, 0.05) is 65.3 Å². The van der Waals surface area contributed by atoms with Gasteiger partial charge in [-0.25, -0.2) is 4.98 Å². The number of hydrogen-bond acceptors (Lipinski definition) is 6. The van der Waals surface area contributed by atoms with E-state index in [1.807, 2.05) is 62.4 Å². The second kappa shape index (κ2) is 11.3. The van der Waals surface area contributed by atoms with E-state index in [9.17, 15) is 9.59 Å². The van der Waals surface area contributed by atoms with Crippen LogP contribution in [0.2, 0.25) is 0 Å². The van der Waals surface area contributed by atoms with E-state index in [0.717, 1.165) is 58.7 Å². The topological polar surface area (TPSA) is 110 Å². The zero-order chi connectivity index (χ0) is 27.7. The maximum Gasteiger partial charge on any atom is 0.254 e. The summed E-state index contributed by atoms with van der Waals surface area (Å²) in [5.41, 5.74) is 4.66. The highest BCUT2D eigenvalue weighted by atomic mass is 32.2. The molecular weight excluding hydrogens is 510 g/mol. The molecule has 1 amide bonds. The van der Waals surface area contributed by atoms with E-state index < -0.39 is 0 Å². The van der Waals surface area contributed by atoms with E-state index in [1.165, 1.54) is 11.8 Å². The van der Waals surface area contributed by atoms with Gasteiger partial charge in [-0.3, -0.25) is 14.3 Å². The fourth-order valence-corrected chi connectivity index (χ4v) is 6.73. The highest BCUT2D eigenvalue weighted by Crippen LogP contribution is 2.38. The molecule has 4 aromatic rings. The quantitative estimate of drug-likeness (QED) is 0.269. The number of nitrogens with one attached hydrogen (secondary N) is 3. The molecule has 0 bridgehead atoms. The number of carbonyl (C=O) groups is 1. The van der Waals surface area contributed by atoms with Crippen LogP contribution in [0.25, 0.3) is 11.0 Å². The van der Waals surface area contributed by atoms with Crippen LogP contribution in [0.4, 0.5) is 5.69 Å². The van der Waals surface area contributed by atoms with Crippen molar-refractivity contribution in [2.45, 2.75) is 70.0 Å². The number of aromatic nitrogens is 5. The van der Waals surface area contributed by atoms with Crippen molar-refractivity contribution >= 4 is 34.4 Å². The van der Waals surface area contributed by atoms with Crippen LogP contribution in [0, 0.1) is 19.8 Å². The van der Waals surface area contributed by atoms with Crippen molar-refractivity contribution < 1.29 is 4.79 Å². The maximum absolute atomic E-state index is 13.6. The molecule has 1 aliphatic carbocycles. The normalized spacial score (nSPS) is 18.3. The van der Waals surface area contributed by atoms with Gasteiger partial charge in [0.15, 0.2) is 0 Å². The van der Waals surface area contributed by atoms with Gasteiger partial charge in [0.05, 0.1) is 17.4 Å². The molecule has 39 heavy (non-hydrogen) atoms. The Kier molecular flexibility index (Phi) is 7.83. The standard InChI is InChI=1S/C29H37N7O2S/c1-17-13-25(39-5)24(28(37)33-17)15-31-29(38)26-19(3)36(27-23(26)7-6-12-30-27)18(2)20-8-10-21(11-9-20)34-22-14-32-35(4)16-22/h6-7,12-14,16,18,20-21,34H,8-11,15H2,1-5H3,(H,31,38)(H,33,37)/t18-,20?,21?/m1/s1. The number of fused-ring (bicyclic) bond motifs is 1. The number of thioether (sulfide) groups is 1. The molecule has 1 aliphatic rings. The largest absolute Gasteiger partial charge is 0.380 e. The lowest BCUT2D eigenvalue weighted by Crippen LogP contribution is -2.30. The summed E-state index contributed by atoms with van der Waals surface area (Å²) < 4.78 is 4.06. The second-order valence-electron chi connectivity index (χ2n) is 10.6. The molecular formula is C29H37N7O2S. The Labute approximate surface area is 232 Å². The fourth-order valence-electron chi connectivity index (χ4n) is 6.02. The summed E-state index contributed by atoms with van der Waals surface area (Å²) in [7, 11) is 1.93. The molecule has 0 spiro atoms. The van der Waals surface area contributed by atoms with Crippen molar-refractivity contribution in [1.82, 2.24) is 29.6 Å². The molecule has 1 atom stereocenters. The number of aromatic amines is 1. The van der Waals surface area contributed by atoms with Crippen LogP contribution in [0.15, 0.2) is 46.5 Å². The summed E-state index contributed by atoms with van der Waals surface area (Å²) >= 11 is 1.51. The molecule has 0 unspecified atom stereocenters. The summed E-state index contributed by atoms with van der Waals surface area (Å²) in [5, 5.41) is 11.7. The van der Waals surface area contributed by atoms with Gasteiger partial charge in [-0.15, -0.1) is 11.8 Å². The van der Waals surface area contributed by atoms with Gasteiger partial charge in [-0.2, -0.15) is 5.10 Å². The van der Waals surface area contributed by atoms with Crippen LogP contribution in [-0.4, -0.2) is 42.5 Å². The van der Waals surface area contributed by atoms with E-state index >= 15 is 0 Å². The molecule has 0 aromatic carbocycles. The lowest BCUT2D eigenvalue weighted by atomic mass is 9.82. The van der Waals surface area contributed by atoms with Crippen LogP contribution in [-0.2, 0) is 13.6 Å². The van der Waals surface area contributed by atoms with E-state index in [1.54, 1.807) is 6.20 Å². The SMILES string of the molecule is CSc1cc(C)[nH]c(=O)c1CNC(=O)c1c(C)n([C@H](C)C2CCC(Nc3cnn(C)c3)CC2)c2ncccc12. The molecule has 10 heteroatoms. The minimum Gasteiger partial charge on any atom is -0.380 e. The molecule has 3 N–H and O–H groups in total. The smallest absolute Gasteiger partial charge is 0.254 e. The van der Waals surface area contributed by atoms with Crippen LogP contribution in [0.5, 0.6) is 0 Å². The van der Waals surface area contributed by atoms with Crippen LogP contribution in [0.1, 0.15) is 66.0 Å². The van der Waals surface area contributed by atoms with Crippen molar-refractivity contribution in [3.63, 3.8) is 0 Å². The molecule has 9 nitrogen and oxygen atoms in total. The van der Waals surface area contributed by atoms with Crippen molar-refractivity contribution in [2.75, 3.05) is 11.6 Å². The van der Waals surface area contributed by atoms with Gasteiger partial charge >= 0.3 is 0 Å². The van der Waals surface area contributed by atoms with Crippen LogP contribution >= 0.6 is 11.8 Å². The molecule has 0 radical (unpaired) electrons. The van der Waals surface area contributed by atoms with Crippen LogP contribution < -0.4 is 16.2 Å². The number of amides is 1. The Hall–Kier alpha value is -3.53. The zero-order valence-corrected chi connectivity index (χ0v) is 24.1. The van der Waals surface area contributed by atoms with Gasteiger partial charge in [-0.05, 0) is 76.8 Å². The summed E-state index contributed by atoms with van der Waals surface area (Å²) in [5.74, 6) is 0.298. The number of rotatable bonds is 8. The first-order valence-electron chi connectivity index (χ1n) is 13.5. The van der Waals surface area contributed by atoms with Gasteiger partial charge < -0.3 is 20.2 Å². The van der Waals surface area contributed by atoms with Crippen molar-refractivity contribution in [1.29, 1.82) is 0 Å². The summed E-state index contributed by atoms with van der Waals surface area (Å²) in [4.78, 5) is 34.6. The first-order chi connectivity index (χ1) is 18.8. The Morgan fingerprint density at radius 3 is 2.72 bits per heavy atom. The molecule has 206 valence electrons. The average Bonchev–Trinajstić information content (AvgIpc) is 3.46. The van der Waals surface area contributed by atoms with Gasteiger partial charge in [0.2, 0.25) is 0 Å². The number of pyridine rings is 2. The van der Waals surface area contributed by atoms with Gasteiger partial charge in [0.25, 0.3) is 11.5 Å². The number of aryl methyl sites for hydroxylation is 2. The molecule has 1 fully saturated rings. The van der Waals surface area contributed by atoms with E-state index in [2.05, 4.69) is 32.2 Å². The van der Waals surface area contributed by atoms with E-state index in [-0.39, 0.29) is 24.1 Å². The number of carbonyl (C=O) groups excluding carboxylic acids is 1. The predicted molar refractivity (Wildman–Crippen MR) is 157 cm³/mol. The first kappa shape index (κ1) is 27.1. The monoisotopic (exact) mass is 547 g/mol. The lowest BCUT2D eigenvalue weighted by molar-refractivity contribution is 0.0951. The molecule has 1 saturated carbocycles. The minimum atomic E-state index is -0.187. The molecule has 0 aliphatic heterocycles. The number of hydrogen-bond donors (Lipinski definition) is 3. The summed E-state index contributed by atoms with van der Waals surface area (Å²) in [6, 6.07) is 6.42. The fraction of sp³-hybridized carbons (Fsp3) is 0.448. The molecule has 4 aromatic heterocycles. The van der Waals surface area contributed by atoms with E-state index in [0.29, 0.717) is 23.1 Å². The Morgan fingerprint density at radius 2 is 2.03 bits per heavy atom. The Bertz CT molecular complexity index is 1540. The Morgan fingerprint density at radius 1 is 1.26 bits per heavy atom. The lowest BCUT2D eigenvalue weighted by Gasteiger charge is -2.34. The van der Waals surface area contributed by atoms with Gasteiger partial charge in [0.1, 0.15) is 5.65 Å². The minimum absolute atomic E-state index is 0.164. The third-order valence-electron chi connectivity index (χ3n) is 8.05. The van der Waals surface area contributed by atoms with Gasteiger partial charge in [-0.1, -0.05) is 0 Å².